The molecule has 90 valence electrons. The molecule has 9 heteroatoms. The van der Waals surface area contributed by atoms with Crippen LogP contribution in [0.15, 0.2) is 6.20 Å². The van der Waals surface area contributed by atoms with Crippen LogP contribution in [0.5, 0.6) is 0 Å². The van der Waals surface area contributed by atoms with Crippen LogP contribution in [0, 0.1) is 17.6 Å². The van der Waals surface area contributed by atoms with E-state index in [4.69, 9.17) is 17.2 Å². The Hall–Kier alpha value is -2.45. The van der Waals surface area contributed by atoms with Crippen LogP contribution in [0.1, 0.15) is 0 Å². The molecule has 2 aromatic heterocycles. The van der Waals surface area contributed by atoms with Crippen LogP contribution in [0.3, 0.4) is 0 Å². The van der Waals surface area contributed by atoms with E-state index in [1.807, 2.05) is 0 Å². The molecule has 0 bridgehead atoms. The Kier molecular flexibility index (Phi) is 2.30. The summed E-state index contributed by atoms with van der Waals surface area (Å²) >= 11 is 0. The lowest BCUT2D eigenvalue weighted by molar-refractivity contribution is 0.464. The number of hydrogen-bond acceptors (Lipinski definition) is 5. The molecule has 0 aliphatic carbocycles. The Bertz CT molecular complexity index is 593. The van der Waals surface area contributed by atoms with E-state index in [1.165, 1.54) is 0 Å². The van der Waals surface area contributed by atoms with E-state index in [0.717, 1.165) is 10.9 Å². The summed E-state index contributed by atoms with van der Waals surface area (Å²) in [6.07, 6.45) is 1.12. The Balaban J connectivity index is 2.73. The van der Waals surface area contributed by atoms with Gasteiger partial charge >= 0.3 is 0 Å². The van der Waals surface area contributed by atoms with Gasteiger partial charge in [-0.25, -0.2) is 4.39 Å². The quantitative estimate of drug-likeness (QED) is 0.630. The summed E-state index contributed by atoms with van der Waals surface area (Å²) in [4.78, 5) is 3.05. The number of anilines is 3. The molecule has 0 fully saturated rings. The van der Waals surface area contributed by atoms with Crippen LogP contribution in [-0.2, 0) is 0 Å². The van der Waals surface area contributed by atoms with Gasteiger partial charge in [-0.15, -0.1) is 0 Å². The van der Waals surface area contributed by atoms with Gasteiger partial charge in [0.2, 0.25) is 5.82 Å². The topological polar surface area (TPSA) is 109 Å². The van der Waals surface area contributed by atoms with Crippen molar-refractivity contribution in [3.05, 3.63) is 23.8 Å². The number of pyridine rings is 1. The minimum Gasteiger partial charge on any atom is -0.394 e. The van der Waals surface area contributed by atoms with E-state index in [1.54, 1.807) is 0 Å². The SMILES string of the molecule is Nc1cnn(-c2nc(F)c(F)c(N)c2F)c1N. The minimum absolute atomic E-state index is 0.0505. The van der Waals surface area contributed by atoms with Crippen molar-refractivity contribution in [3.63, 3.8) is 0 Å². The molecule has 6 nitrogen and oxygen atoms in total. The normalized spacial score (nSPS) is 10.8. The van der Waals surface area contributed by atoms with E-state index < -0.39 is 29.1 Å². The van der Waals surface area contributed by atoms with E-state index in [-0.39, 0.29) is 11.5 Å². The summed E-state index contributed by atoms with van der Waals surface area (Å²) < 4.78 is 40.2. The van der Waals surface area contributed by atoms with Gasteiger partial charge in [0, 0.05) is 0 Å². The molecule has 0 saturated carbocycles. The molecule has 2 rings (SSSR count). The average Bonchev–Trinajstić information content (AvgIpc) is 2.62. The van der Waals surface area contributed by atoms with E-state index >= 15 is 0 Å². The maximum atomic E-state index is 13.6. The van der Waals surface area contributed by atoms with Crippen LogP contribution in [-0.4, -0.2) is 14.8 Å². The molecule has 0 saturated heterocycles. The fraction of sp³-hybridized carbons (Fsp3) is 0. The highest BCUT2D eigenvalue weighted by atomic mass is 19.2. The number of nitrogen functional groups attached to an aromatic ring is 3. The van der Waals surface area contributed by atoms with Crippen molar-refractivity contribution in [2.24, 2.45) is 0 Å². The van der Waals surface area contributed by atoms with E-state index in [9.17, 15) is 13.2 Å². The van der Waals surface area contributed by atoms with Crippen molar-refractivity contribution < 1.29 is 13.2 Å². The third-order valence-electron chi connectivity index (χ3n) is 2.09. The molecule has 0 spiro atoms. The van der Waals surface area contributed by atoms with Crippen molar-refractivity contribution in [2.75, 3.05) is 17.2 Å². The van der Waals surface area contributed by atoms with Crippen LogP contribution in [0.4, 0.5) is 30.4 Å². The smallest absolute Gasteiger partial charge is 0.253 e. The summed E-state index contributed by atoms with van der Waals surface area (Å²) in [6.45, 7) is 0. The first-order chi connectivity index (χ1) is 7.93. The van der Waals surface area contributed by atoms with Gasteiger partial charge in [0.05, 0.1) is 11.9 Å². The van der Waals surface area contributed by atoms with Crippen LogP contribution < -0.4 is 17.2 Å². The van der Waals surface area contributed by atoms with Crippen molar-refractivity contribution in [1.29, 1.82) is 0 Å². The maximum absolute atomic E-state index is 13.6. The molecule has 2 heterocycles. The van der Waals surface area contributed by atoms with Gasteiger partial charge < -0.3 is 17.2 Å². The Labute approximate surface area is 92.8 Å². The molecule has 0 atom stereocenters. The molecular weight excluding hydrogens is 237 g/mol. The zero-order chi connectivity index (χ0) is 12.7. The Morgan fingerprint density at radius 2 is 1.71 bits per heavy atom. The fourth-order valence-electron chi connectivity index (χ4n) is 1.20. The molecular formula is C8H7F3N6. The van der Waals surface area contributed by atoms with Gasteiger partial charge in [-0.2, -0.15) is 23.5 Å². The summed E-state index contributed by atoms with van der Waals surface area (Å²) in [5.74, 6) is -5.19. The highest BCUT2D eigenvalue weighted by Crippen LogP contribution is 2.25. The molecule has 0 aromatic carbocycles. The summed E-state index contributed by atoms with van der Waals surface area (Å²) in [7, 11) is 0. The number of aromatic nitrogens is 3. The molecule has 17 heavy (non-hydrogen) atoms. The molecule has 0 aliphatic rings. The number of rotatable bonds is 1. The second-order valence-corrected chi connectivity index (χ2v) is 3.16. The molecule has 0 amide bonds. The van der Waals surface area contributed by atoms with Crippen molar-refractivity contribution in [1.82, 2.24) is 14.8 Å². The third kappa shape index (κ3) is 1.51. The molecule has 0 unspecified atom stereocenters. The Morgan fingerprint density at radius 3 is 2.24 bits per heavy atom. The third-order valence-corrected chi connectivity index (χ3v) is 2.09. The highest BCUT2D eigenvalue weighted by molar-refractivity contribution is 5.61. The van der Waals surface area contributed by atoms with Crippen LogP contribution in [0.25, 0.3) is 5.82 Å². The highest BCUT2D eigenvalue weighted by Gasteiger charge is 2.21. The van der Waals surface area contributed by atoms with Gasteiger partial charge in [0.15, 0.2) is 17.5 Å². The predicted octanol–water partition coefficient (Wildman–Crippen LogP) is 0.431. The lowest BCUT2D eigenvalue weighted by atomic mass is 10.3. The van der Waals surface area contributed by atoms with E-state index in [0.29, 0.717) is 0 Å². The second kappa shape index (κ2) is 3.54. The van der Waals surface area contributed by atoms with Crippen LogP contribution in [0.2, 0.25) is 0 Å². The van der Waals surface area contributed by atoms with Crippen LogP contribution >= 0.6 is 0 Å². The average molecular weight is 244 g/mol. The predicted molar refractivity (Wildman–Crippen MR) is 54.5 cm³/mol. The lowest BCUT2D eigenvalue weighted by Gasteiger charge is -2.07. The zero-order valence-corrected chi connectivity index (χ0v) is 8.28. The first kappa shape index (κ1) is 11.0. The Morgan fingerprint density at radius 1 is 1.06 bits per heavy atom. The van der Waals surface area contributed by atoms with Crippen molar-refractivity contribution >= 4 is 17.2 Å². The lowest BCUT2D eigenvalue weighted by Crippen LogP contribution is -2.12. The van der Waals surface area contributed by atoms with Gasteiger partial charge in [0.25, 0.3) is 5.95 Å². The first-order valence-corrected chi connectivity index (χ1v) is 4.32. The van der Waals surface area contributed by atoms with Gasteiger partial charge in [-0.05, 0) is 0 Å². The molecule has 0 aliphatic heterocycles. The second-order valence-electron chi connectivity index (χ2n) is 3.16. The van der Waals surface area contributed by atoms with Crippen molar-refractivity contribution in [2.45, 2.75) is 0 Å². The summed E-state index contributed by atoms with van der Waals surface area (Å²) in [5, 5.41) is 3.58. The fourth-order valence-corrected chi connectivity index (χ4v) is 1.20. The van der Waals surface area contributed by atoms with Gasteiger partial charge in [-0.1, -0.05) is 0 Å². The number of halogens is 3. The number of hydrogen-bond donors (Lipinski definition) is 3. The summed E-state index contributed by atoms with van der Waals surface area (Å²) in [5.41, 5.74) is 14.9. The number of nitrogens with zero attached hydrogens (tertiary/aromatic N) is 3. The maximum Gasteiger partial charge on any atom is 0.253 e. The molecule has 2 aromatic rings. The number of nitrogens with two attached hydrogens (primary N) is 3. The molecule has 0 radical (unpaired) electrons. The van der Waals surface area contributed by atoms with Gasteiger partial charge in [-0.3, -0.25) is 0 Å². The first-order valence-electron chi connectivity index (χ1n) is 4.32. The standard InChI is InChI=1S/C8H7F3N6/c9-3-5(13)4(10)8(16-6(3)11)17-7(14)2(12)1-15-17/h1H,12,14H2,(H2,13,16). The van der Waals surface area contributed by atoms with Crippen molar-refractivity contribution in [3.8, 4) is 5.82 Å². The zero-order valence-electron chi connectivity index (χ0n) is 8.28. The van der Waals surface area contributed by atoms with Gasteiger partial charge in [0.1, 0.15) is 5.69 Å². The minimum atomic E-state index is -1.56. The molecule has 6 N–H and O–H groups in total. The van der Waals surface area contributed by atoms with E-state index in [2.05, 4.69) is 10.1 Å². The monoisotopic (exact) mass is 244 g/mol. The summed E-state index contributed by atoms with van der Waals surface area (Å²) in [6, 6.07) is 0. The largest absolute Gasteiger partial charge is 0.394 e.